The van der Waals surface area contributed by atoms with Gasteiger partial charge in [-0.2, -0.15) is 0 Å². The lowest BCUT2D eigenvalue weighted by atomic mass is 9.92. The van der Waals surface area contributed by atoms with Crippen LogP contribution in [-0.4, -0.2) is 25.0 Å². The maximum atomic E-state index is 13.4. The van der Waals surface area contributed by atoms with Gasteiger partial charge in [0.05, 0.1) is 11.1 Å². The Balaban J connectivity index is 1.88. The molecule has 5 nitrogen and oxygen atoms in total. The van der Waals surface area contributed by atoms with E-state index >= 15 is 0 Å². The second-order valence-corrected chi connectivity index (χ2v) is 8.46. The Kier molecular flexibility index (Phi) is 5.91. The molecule has 0 spiro atoms. The molecule has 1 aliphatic heterocycles. The van der Waals surface area contributed by atoms with Gasteiger partial charge in [0.1, 0.15) is 18.2 Å². The Morgan fingerprint density at radius 2 is 2.00 bits per heavy atom. The van der Waals surface area contributed by atoms with E-state index in [-0.39, 0.29) is 18.1 Å². The van der Waals surface area contributed by atoms with Gasteiger partial charge in [-0.15, -0.1) is 0 Å². The number of anilines is 2. The maximum Gasteiger partial charge on any atom is 0.255 e. The summed E-state index contributed by atoms with van der Waals surface area (Å²) in [4.78, 5) is 27.3. The number of fused-ring (bicyclic) bond motifs is 1. The fourth-order valence-electron chi connectivity index (χ4n) is 3.17. The van der Waals surface area contributed by atoms with Gasteiger partial charge in [-0.25, -0.2) is 4.39 Å². The second-order valence-electron chi connectivity index (χ2n) is 8.46. The fraction of sp³-hybridized carbons (Fsp3) is 0.391. The van der Waals surface area contributed by atoms with Gasteiger partial charge < -0.3 is 15.0 Å². The standard InChI is InChI=1S/C23H27FN2O3/c1-15(2)10-11-26-19-9-8-18(13-20(19)29-14-23(3,4)22(26)28)25-21(27)16-6-5-7-17(24)12-16/h5-9,12-13,15H,10-11,14H2,1-4H3,(H,25,27). The monoisotopic (exact) mass is 398 g/mol. The SMILES string of the molecule is CC(C)CCN1C(=O)C(C)(C)COc2cc(NC(=O)c3cccc(F)c3)ccc21. The number of hydrogen-bond acceptors (Lipinski definition) is 3. The van der Waals surface area contributed by atoms with Crippen LogP contribution in [-0.2, 0) is 4.79 Å². The normalized spacial score (nSPS) is 15.5. The minimum Gasteiger partial charge on any atom is -0.490 e. The summed E-state index contributed by atoms with van der Waals surface area (Å²) in [5.41, 5.74) is 0.802. The summed E-state index contributed by atoms with van der Waals surface area (Å²) in [5.74, 6) is 0.150. The zero-order valence-corrected chi connectivity index (χ0v) is 17.3. The van der Waals surface area contributed by atoms with Crippen LogP contribution in [0.5, 0.6) is 5.75 Å². The van der Waals surface area contributed by atoms with Crippen LogP contribution in [0.2, 0.25) is 0 Å². The number of benzene rings is 2. The lowest BCUT2D eigenvalue weighted by molar-refractivity contribution is -0.127. The molecule has 0 radical (unpaired) electrons. The van der Waals surface area contributed by atoms with Crippen molar-refractivity contribution in [2.45, 2.75) is 34.1 Å². The Morgan fingerprint density at radius 1 is 1.24 bits per heavy atom. The molecule has 0 unspecified atom stereocenters. The molecule has 0 aliphatic carbocycles. The highest BCUT2D eigenvalue weighted by molar-refractivity contribution is 6.05. The largest absolute Gasteiger partial charge is 0.490 e. The number of hydrogen-bond donors (Lipinski definition) is 1. The number of carbonyl (C=O) groups is 2. The summed E-state index contributed by atoms with van der Waals surface area (Å²) >= 11 is 0. The third kappa shape index (κ3) is 4.75. The van der Waals surface area contributed by atoms with Crippen molar-refractivity contribution in [2.75, 3.05) is 23.4 Å². The van der Waals surface area contributed by atoms with E-state index in [1.165, 1.54) is 18.2 Å². The Morgan fingerprint density at radius 3 is 2.69 bits per heavy atom. The molecule has 3 rings (SSSR count). The van der Waals surface area contributed by atoms with E-state index < -0.39 is 17.1 Å². The predicted molar refractivity (Wildman–Crippen MR) is 112 cm³/mol. The van der Waals surface area contributed by atoms with E-state index in [0.29, 0.717) is 29.6 Å². The first-order chi connectivity index (χ1) is 13.7. The minimum absolute atomic E-state index is 0.0217. The first-order valence-electron chi connectivity index (χ1n) is 9.83. The number of carbonyl (C=O) groups excluding carboxylic acids is 2. The molecule has 0 fully saturated rings. The van der Waals surface area contributed by atoms with Crippen molar-refractivity contribution in [1.29, 1.82) is 0 Å². The zero-order valence-electron chi connectivity index (χ0n) is 17.3. The highest BCUT2D eigenvalue weighted by Crippen LogP contribution is 2.38. The molecule has 2 amide bonds. The van der Waals surface area contributed by atoms with Crippen LogP contribution in [0, 0.1) is 17.2 Å². The van der Waals surface area contributed by atoms with Crippen LogP contribution < -0.4 is 15.0 Å². The first kappa shape index (κ1) is 20.8. The number of ether oxygens (including phenoxy) is 1. The molecule has 0 bridgehead atoms. The zero-order chi connectivity index (χ0) is 21.2. The number of rotatable bonds is 5. The molecule has 0 saturated carbocycles. The Bertz CT molecular complexity index is 924. The van der Waals surface area contributed by atoms with Crippen LogP contribution >= 0.6 is 0 Å². The first-order valence-corrected chi connectivity index (χ1v) is 9.83. The third-order valence-corrected chi connectivity index (χ3v) is 4.94. The molecule has 0 aromatic heterocycles. The molecule has 1 N–H and O–H groups in total. The Labute approximate surface area is 170 Å². The van der Waals surface area contributed by atoms with Gasteiger partial charge >= 0.3 is 0 Å². The molecule has 1 aliphatic rings. The summed E-state index contributed by atoms with van der Waals surface area (Å²) < 4.78 is 19.3. The minimum atomic E-state index is -0.652. The molecular formula is C23H27FN2O3. The smallest absolute Gasteiger partial charge is 0.255 e. The molecular weight excluding hydrogens is 371 g/mol. The van der Waals surface area contributed by atoms with E-state index in [1.807, 2.05) is 13.8 Å². The van der Waals surface area contributed by atoms with E-state index in [4.69, 9.17) is 4.74 Å². The van der Waals surface area contributed by atoms with Gasteiger partial charge in [-0.1, -0.05) is 19.9 Å². The number of amides is 2. The summed E-state index contributed by atoms with van der Waals surface area (Å²) in [6.45, 7) is 8.84. The molecule has 2 aromatic carbocycles. The van der Waals surface area contributed by atoms with Crippen LogP contribution in [0.4, 0.5) is 15.8 Å². The summed E-state index contributed by atoms with van der Waals surface area (Å²) in [7, 11) is 0. The number of halogens is 1. The quantitative estimate of drug-likeness (QED) is 0.781. The van der Waals surface area contributed by atoms with E-state index in [9.17, 15) is 14.0 Å². The van der Waals surface area contributed by atoms with Crippen molar-refractivity contribution < 1.29 is 18.7 Å². The molecule has 2 aromatic rings. The lowest BCUT2D eigenvalue weighted by Gasteiger charge is -2.28. The average Bonchev–Trinajstić information content (AvgIpc) is 2.75. The predicted octanol–water partition coefficient (Wildman–Crippen LogP) is 4.88. The summed E-state index contributed by atoms with van der Waals surface area (Å²) in [6.07, 6.45) is 0.874. The van der Waals surface area contributed by atoms with Crippen molar-refractivity contribution in [3.05, 3.63) is 53.8 Å². The van der Waals surface area contributed by atoms with Crippen LogP contribution in [0.1, 0.15) is 44.5 Å². The van der Waals surface area contributed by atoms with Gasteiger partial charge in [0.15, 0.2) is 0 Å². The third-order valence-electron chi connectivity index (χ3n) is 4.94. The van der Waals surface area contributed by atoms with Crippen LogP contribution in [0.3, 0.4) is 0 Å². The summed E-state index contributed by atoms with van der Waals surface area (Å²) in [6, 6.07) is 10.7. The van der Waals surface area contributed by atoms with Gasteiger partial charge in [0, 0.05) is 23.9 Å². The highest BCUT2D eigenvalue weighted by atomic mass is 19.1. The van der Waals surface area contributed by atoms with Gasteiger partial charge in [0.25, 0.3) is 5.91 Å². The maximum absolute atomic E-state index is 13.4. The Hall–Kier alpha value is -2.89. The number of nitrogens with zero attached hydrogens (tertiary/aromatic N) is 1. The molecule has 0 saturated heterocycles. The van der Waals surface area contributed by atoms with Crippen molar-refractivity contribution in [3.8, 4) is 5.75 Å². The van der Waals surface area contributed by atoms with Crippen molar-refractivity contribution in [1.82, 2.24) is 0 Å². The van der Waals surface area contributed by atoms with E-state index in [1.54, 1.807) is 29.2 Å². The van der Waals surface area contributed by atoms with Crippen LogP contribution in [0.25, 0.3) is 0 Å². The lowest BCUT2D eigenvalue weighted by Crippen LogP contribution is -2.42. The molecule has 154 valence electrons. The highest BCUT2D eigenvalue weighted by Gasteiger charge is 2.37. The van der Waals surface area contributed by atoms with E-state index in [0.717, 1.165) is 6.42 Å². The van der Waals surface area contributed by atoms with Crippen molar-refractivity contribution >= 4 is 23.2 Å². The van der Waals surface area contributed by atoms with Gasteiger partial charge in [-0.3, -0.25) is 9.59 Å². The van der Waals surface area contributed by atoms with Gasteiger partial charge in [-0.05, 0) is 56.5 Å². The van der Waals surface area contributed by atoms with Crippen LogP contribution in [0.15, 0.2) is 42.5 Å². The van der Waals surface area contributed by atoms with Gasteiger partial charge in [0.2, 0.25) is 5.91 Å². The van der Waals surface area contributed by atoms with Crippen molar-refractivity contribution in [2.24, 2.45) is 11.3 Å². The summed E-state index contributed by atoms with van der Waals surface area (Å²) in [5, 5.41) is 2.76. The molecule has 6 heteroatoms. The molecule has 1 heterocycles. The topological polar surface area (TPSA) is 58.6 Å². The molecule has 0 atom stereocenters. The van der Waals surface area contributed by atoms with E-state index in [2.05, 4.69) is 19.2 Å². The van der Waals surface area contributed by atoms with Crippen molar-refractivity contribution in [3.63, 3.8) is 0 Å². The fourth-order valence-corrected chi connectivity index (χ4v) is 3.17. The average molecular weight is 398 g/mol. The number of nitrogens with one attached hydrogen (secondary N) is 1. The second kappa shape index (κ2) is 8.23. The molecule has 29 heavy (non-hydrogen) atoms.